The molecule has 2 saturated heterocycles. The average Bonchev–Trinajstić information content (AvgIpc) is 3.24. The Morgan fingerprint density at radius 2 is 1.62 bits per heavy atom. The van der Waals surface area contributed by atoms with Crippen LogP contribution in [0.3, 0.4) is 0 Å². The average molecular weight is 531 g/mol. The number of methoxy groups -OCH3 is 1. The molecule has 2 aromatic rings. The Labute approximate surface area is 230 Å². The highest BCUT2D eigenvalue weighted by Gasteiger charge is 2.39. The number of piperazine rings is 1. The SMILES string of the molecule is COCCN1C(=O)c2cccc(N3CCC(C(=O)N4CCN([C@@H]5CCc6ccccc6C5)CC4)CC3)c2C1=O. The van der Waals surface area contributed by atoms with Crippen molar-refractivity contribution in [3.63, 3.8) is 0 Å². The zero-order valence-corrected chi connectivity index (χ0v) is 22.8. The minimum atomic E-state index is -0.254. The van der Waals surface area contributed by atoms with E-state index in [2.05, 4.69) is 39.0 Å². The second-order valence-electron chi connectivity index (χ2n) is 11.2. The van der Waals surface area contributed by atoms with Gasteiger partial charge in [0.25, 0.3) is 11.8 Å². The van der Waals surface area contributed by atoms with E-state index in [0.29, 0.717) is 36.9 Å². The monoisotopic (exact) mass is 530 g/mol. The van der Waals surface area contributed by atoms with Crippen LogP contribution in [-0.2, 0) is 22.4 Å². The van der Waals surface area contributed by atoms with Crippen LogP contribution in [0.5, 0.6) is 0 Å². The Bertz CT molecular complexity index is 1250. The van der Waals surface area contributed by atoms with E-state index in [4.69, 9.17) is 4.74 Å². The van der Waals surface area contributed by atoms with Crippen LogP contribution >= 0.6 is 0 Å². The number of aryl methyl sites for hydroxylation is 1. The second kappa shape index (κ2) is 11.1. The van der Waals surface area contributed by atoms with Crippen LogP contribution < -0.4 is 4.90 Å². The second-order valence-corrected chi connectivity index (χ2v) is 11.2. The maximum atomic E-state index is 13.4. The van der Waals surface area contributed by atoms with Crippen molar-refractivity contribution in [3.8, 4) is 0 Å². The molecule has 2 aromatic carbocycles. The minimum Gasteiger partial charge on any atom is -0.383 e. The summed E-state index contributed by atoms with van der Waals surface area (Å²) < 4.78 is 5.08. The molecule has 206 valence electrons. The van der Waals surface area contributed by atoms with Crippen LogP contribution in [0.1, 0.15) is 51.1 Å². The first-order valence-electron chi connectivity index (χ1n) is 14.4. The maximum Gasteiger partial charge on any atom is 0.263 e. The van der Waals surface area contributed by atoms with Gasteiger partial charge in [0.05, 0.1) is 30.0 Å². The standard InChI is InChI=1S/C31H38N4O4/c1-39-20-19-35-30(37)26-7-4-8-27(28(26)31(35)38)33-13-11-23(12-14-33)29(36)34-17-15-32(16-18-34)25-10-9-22-5-2-3-6-24(22)21-25/h2-8,23,25H,9-21H2,1H3/t25-/m1/s1. The predicted molar refractivity (Wildman–Crippen MR) is 149 cm³/mol. The zero-order valence-electron chi connectivity index (χ0n) is 22.8. The van der Waals surface area contributed by atoms with Gasteiger partial charge in [0.2, 0.25) is 5.91 Å². The number of benzene rings is 2. The summed E-state index contributed by atoms with van der Waals surface area (Å²) in [6.45, 7) is 5.47. The molecule has 1 atom stereocenters. The van der Waals surface area contributed by atoms with Gasteiger partial charge in [-0.1, -0.05) is 30.3 Å². The van der Waals surface area contributed by atoms with E-state index < -0.39 is 0 Å². The first kappa shape index (κ1) is 26.0. The summed E-state index contributed by atoms with van der Waals surface area (Å²) in [6, 6.07) is 14.9. The van der Waals surface area contributed by atoms with Crippen LogP contribution in [0.2, 0.25) is 0 Å². The van der Waals surface area contributed by atoms with Crippen molar-refractivity contribution in [1.82, 2.24) is 14.7 Å². The molecule has 3 aliphatic heterocycles. The molecule has 6 rings (SSSR count). The summed E-state index contributed by atoms with van der Waals surface area (Å²) in [4.78, 5) is 47.5. The van der Waals surface area contributed by atoms with Gasteiger partial charge in [-0.2, -0.15) is 0 Å². The van der Waals surface area contributed by atoms with Crippen molar-refractivity contribution in [3.05, 3.63) is 64.7 Å². The number of piperidine rings is 1. The third kappa shape index (κ3) is 4.96. The molecule has 0 N–H and O–H groups in total. The molecule has 1 aliphatic carbocycles. The number of rotatable bonds is 6. The van der Waals surface area contributed by atoms with E-state index in [1.54, 1.807) is 13.2 Å². The van der Waals surface area contributed by atoms with Crippen molar-refractivity contribution >= 4 is 23.4 Å². The number of nitrogens with zero attached hydrogens (tertiary/aromatic N) is 4. The van der Waals surface area contributed by atoms with E-state index in [1.807, 2.05) is 12.1 Å². The molecule has 0 bridgehead atoms. The first-order valence-corrected chi connectivity index (χ1v) is 14.4. The van der Waals surface area contributed by atoms with Crippen LogP contribution in [0.15, 0.2) is 42.5 Å². The Balaban J connectivity index is 1.03. The van der Waals surface area contributed by atoms with Crippen molar-refractivity contribution in [2.24, 2.45) is 5.92 Å². The fourth-order valence-corrected chi connectivity index (χ4v) is 6.89. The number of imide groups is 1. The van der Waals surface area contributed by atoms with E-state index in [9.17, 15) is 14.4 Å². The first-order chi connectivity index (χ1) is 19.0. The van der Waals surface area contributed by atoms with Gasteiger partial charge >= 0.3 is 0 Å². The fraction of sp³-hybridized carbons (Fsp3) is 0.516. The molecule has 0 aromatic heterocycles. The molecule has 0 saturated carbocycles. The van der Waals surface area contributed by atoms with Gasteiger partial charge in [0, 0.05) is 58.3 Å². The van der Waals surface area contributed by atoms with Crippen molar-refractivity contribution in [2.45, 2.75) is 38.1 Å². The highest BCUT2D eigenvalue weighted by molar-refractivity contribution is 6.23. The topological polar surface area (TPSA) is 73.4 Å². The maximum absolute atomic E-state index is 13.4. The molecule has 2 fully saturated rings. The number of carbonyl (C=O) groups is 3. The smallest absolute Gasteiger partial charge is 0.263 e. The van der Waals surface area contributed by atoms with E-state index in [1.165, 1.54) is 22.4 Å². The van der Waals surface area contributed by atoms with Gasteiger partial charge in [0.15, 0.2) is 0 Å². The Morgan fingerprint density at radius 1 is 0.872 bits per heavy atom. The Kier molecular flexibility index (Phi) is 7.40. The lowest BCUT2D eigenvalue weighted by Crippen LogP contribution is -2.54. The molecule has 0 unspecified atom stereocenters. The van der Waals surface area contributed by atoms with Crippen LogP contribution in [0.4, 0.5) is 5.69 Å². The molecular formula is C31H38N4O4. The number of carbonyl (C=O) groups excluding carboxylic acids is 3. The third-order valence-electron chi connectivity index (χ3n) is 9.14. The molecule has 3 heterocycles. The van der Waals surface area contributed by atoms with E-state index in [-0.39, 0.29) is 30.2 Å². The molecule has 3 amide bonds. The summed E-state index contributed by atoms with van der Waals surface area (Å²) >= 11 is 0. The quantitative estimate of drug-likeness (QED) is 0.535. The summed E-state index contributed by atoms with van der Waals surface area (Å²) in [5.41, 5.74) is 4.74. The fourth-order valence-electron chi connectivity index (χ4n) is 6.89. The zero-order chi connectivity index (χ0) is 26.9. The van der Waals surface area contributed by atoms with Gasteiger partial charge in [-0.3, -0.25) is 24.2 Å². The number of amides is 3. The van der Waals surface area contributed by atoms with Gasteiger partial charge in [-0.15, -0.1) is 0 Å². The van der Waals surface area contributed by atoms with Crippen molar-refractivity contribution < 1.29 is 19.1 Å². The summed E-state index contributed by atoms with van der Waals surface area (Å²) in [7, 11) is 1.56. The summed E-state index contributed by atoms with van der Waals surface area (Å²) in [5, 5.41) is 0. The van der Waals surface area contributed by atoms with Crippen molar-refractivity contribution in [1.29, 1.82) is 0 Å². The van der Waals surface area contributed by atoms with E-state index in [0.717, 1.165) is 57.5 Å². The highest BCUT2D eigenvalue weighted by atomic mass is 16.5. The van der Waals surface area contributed by atoms with Gasteiger partial charge in [-0.05, 0) is 55.4 Å². The summed E-state index contributed by atoms with van der Waals surface area (Å²) in [6.07, 6.45) is 4.98. The number of hydrogen-bond acceptors (Lipinski definition) is 6. The molecule has 4 aliphatic rings. The molecular weight excluding hydrogens is 492 g/mol. The molecule has 0 spiro atoms. The van der Waals surface area contributed by atoms with Crippen LogP contribution in [-0.4, -0.2) is 98.0 Å². The highest BCUT2D eigenvalue weighted by Crippen LogP contribution is 2.34. The third-order valence-corrected chi connectivity index (χ3v) is 9.14. The van der Waals surface area contributed by atoms with E-state index >= 15 is 0 Å². The number of hydrogen-bond donors (Lipinski definition) is 0. The lowest BCUT2D eigenvalue weighted by molar-refractivity contribution is -0.138. The number of anilines is 1. The molecule has 0 radical (unpaired) electrons. The lowest BCUT2D eigenvalue weighted by Gasteiger charge is -2.42. The summed E-state index contributed by atoms with van der Waals surface area (Å²) in [5.74, 6) is -0.212. The largest absolute Gasteiger partial charge is 0.383 e. The van der Waals surface area contributed by atoms with Gasteiger partial charge in [0.1, 0.15) is 0 Å². The lowest BCUT2D eigenvalue weighted by atomic mass is 9.87. The molecule has 8 heteroatoms. The Hall–Kier alpha value is -3.23. The minimum absolute atomic E-state index is 0.0154. The molecule has 8 nitrogen and oxygen atoms in total. The van der Waals surface area contributed by atoms with Crippen molar-refractivity contribution in [2.75, 3.05) is 64.4 Å². The number of fused-ring (bicyclic) bond motifs is 2. The number of ether oxygens (including phenoxy) is 1. The predicted octanol–water partition coefficient (Wildman–Crippen LogP) is 2.85. The normalized spacial score (nSPS) is 22.3. The Morgan fingerprint density at radius 3 is 2.36 bits per heavy atom. The van der Waals surface area contributed by atoms with Crippen LogP contribution in [0.25, 0.3) is 0 Å². The van der Waals surface area contributed by atoms with Gasteiger partial charge in [-0.25, -0.2) is 0 Å². The van der Waals surface area contributed by atoms with Gasteiger partial charge < -0.3 is 14.5 Å². The molecule has 39 heavy (non-hydrogen) atoms. The van der Waals surface area contributed by atoms with Crippen LogP contribution in [0, 0.1) is 5.92 Å².